The molecule has 0 aromatic carbocycles. The minimum atomic E-state index is -1.98. The number of amides is 1. The summed E-state index contributed by atoms with van der Waals surface area (Å²) in [6.45, 7) is 1.31. The molecule has 0 saturated carbocycles. The Morgan fingerprint density at radius 2 is 0.972 bits per heavy atom. The van der Waals surface area contributed by atoms with Gasteiger partial charge < -0.3 is 89.9 Å². The average molecular weight is 1010 g/mol. The van der Waals surface area contributed by atoms with E-state index in [-0.39, 0.29) is 18.9 Å². The van der Waals surface area contributed by atoms with E-state index in [0.717, 1.165) is 83.5 Å². The lowest BCUT2D eigenvalue weighted by atomic mass is 9.96. The number of ether oxygens (including phenoxy) is 6. The second-order valence-electron chi connectivity index (χ2n) is 18.2. The standard InChI is InChI=1S/C52H87NO18/c1-3-5-7-8-9-10-11-12-13-14-15-16-17-18-19-20-21-22-23-24-25-26-28-30-40(58)53-35(36(57)29-27-6-4-2)34-66-50-46(64)43(61)48(38(32-55)68-50)71-52-47(65)44(62)49(39(33-56)69-52)70-51-45(63)42(60)41(59)37(31-54)67-51/h5,7,9-10,12-13,15-16,18-19,27,29,35-39,41-52,54-57,59-65H,3-4,6,8,11,14,17,20-26,28,30-34H2,1-2H3,(H,53,58)/b7-5-,10-9-,13-12-,16-15-,19-18-,29-27+. The number of nitrogens with one attached hydrogen (secondary N) is 1. The van der Waals surface area contributed by atoms with Crippen LogP contribution in [0.1, 0.15) is 117 Å². The lowest BCUT2D eigenvalue weighted by Gasteiger charge is -2.48. The van der Waals surface area contributed by atoms with Crippen LogP contribution in [-0.2, 0) is 33.2 Å². The molecule has 3 rings (SSSR count). The monoisotopic (exact) mass is 1010 g/mol. The Morgan fingerprint density at radius 1 is 0.521 bits per heavy atom. The summed E-state index contributed by atoms with van der Waals surface area (Å²) in [6.07, 6.45) is 13.1. The highest BCUT2D eigenvalue weighted by Crippen LogP contribution is 2.33. The molecular formula is C52H87NO18. The summed E-state index contributed by atoms with van der Waals surface area (Å²) in [5.41, 5.74) is 0. The maximum Gasteiger partial charge on any atom is 0.220 e. The van der Waals surface area contributed by atoms with Gasteiger partial charge in [0.2, 0.25) is 5.91 Å². The quantitative estimate of drug-likeness (QED) is 0.0324. The van der Waals surface area contributed by atoms with Gasteiger partial charge in [-0.25, -0.2) is 0 Å². The van der Waals surface area contributed by atoms with E-state index in [4.69, 9.17) is 28.4 Å². The molecule has 17 unspecified atom stereocenters. The van der Waals surface area contributed by atoms with E-state index in [0.29, 0.717) is 12.8 Å². The van der Waals surface area contributed by atoms with Crippen LogP contribution in [0, 0.1) is 0 Å². The van der Waals surface area contributed by atoms with Gasteiger partial charge in [-0.1, -0.05) is 125 Å². The molecule has 19 nitrogen and oxygen atoms in total. The van der Waals surface area contributed by atoms with Crippen molar-refractivity contribution in [3.05, 3.63) is 72.9 Å². The zero-order valence-corrected chi connectivity index (χ0v) is 41.7. The number of aliphatic hydroxyl groups is 11. The number of hydrogen-bond acceptors (Lipinski definition) is 18. The summed E-state index contributed by atoms with van der Waals surface area (Å²) in [7, 11) is 0. The summed E-state index contributed by atoms with van der Waals surface area (Å²) in [5.74, 6) is -0.305. The Bertz CT molecular complexity index is 1590. The molecule has 3 saturated heterocycles. The minimum absolute atomic E-state index is 0.223. The molecule has 0 aliphatic carbocycles. The van der Waals surface area contributed by atoms with Crippen LogP contribution in [0.3, 0.4) is 0 Å². The highest BCUT2D eigenvalue weighted by Gasteiger charge is 2.53. The van der Waals surface area contributed by atoms with Crippen molar-refractivity contribution < 1.29 is 89.4 Å². The van der Waals surface area contributed by atoms with E-state index < -0.39 is 124 Å². The van der Waals surface area contributed by atoms with Crippen molar-refractivity contribution in [2.24, 2.45) is 0 Å². The molecule has 3 fully saturated rings. The highest BCUT2D eigenvalue weighted by molar-refractivity contribution is 5.76. The fourth-order valence-electron chi connectivity index (χ4n) is 8.22. The Labute approximate surface area is 419 Å². The largest absolute Gasteiger partial charge is 0.394 e. The molecule has 0 aromatic rings. The zero-order valence-electron chi connectivity index (χ0n) is 41.7. The second-order valence-corrected chi connectivity index (χ2v) is 18.2. The summed E-state index contributed by atoms with van der Waals surface area (Å²) in [5, 5.41) is 119. The first-order valence-electron chi connectivity index (χ1n) is 25.7. The highest BCUT2D eigenvalue weighted by atomic mass is 16.8. The second kappa shape index (κ2) is 36.2. The minimum Gasteiger partial charge on any atom is -0.394 e. The third-order valence-corrected chi connectivity index (χ3v) is 12.5. The van der Waals surface area contributed by atoms with Crippen LogP contribution < -0.4 is 5.32 Å². The third-order valence-electron chi connectivity index (χ3n) is 12.5. The van der Waals surface area contributed by atoms with Crippen LogP contribution in [0.15, 0.2) is 72.9 Å². The SMILES string of the molecule is CC/C=C\C/C=C\C/C=C\C/C=C\C/C=C\CCCCCCCCCC(=O)NC(COC1OC(CO)C(OC2OC(CO)C(OC3OC(CO)C(O)C(O)C3O)C(O)C2O)C(O)C1O)C(O)/C=C/CCC. The molecular weight excluding hydrogens is 927 g/mol. The number of hydrogen-bond donors (Lipinski definition) is 12. The molecule has 3 heterocycles. The van der Waals surface area contributed by atoms with Crippen LogP contribution in [0.2, 0.25) is 0 Å². The summed E-state index contributed by atoms with van der Waals surface area (Å²) in [4.78, 5) is 13.1. The van der Waals surface area contributed by atoms with Gasteiger partial charge in [-0.05, 0) is 57.8 Å². The third kappa shape index (κ3) is 21.9. The van der Waals surface area contributed by atoms with Crippen LogP contribution in [0.25, 0.3) is 0 Å². The van der Waals surface area contributed by atoms with Crippen molar-refractivity contribution in [2.75, 3.05) is 26.4 Å². The molecule has 0 bridgehead atoms. The van der Waals surface area contributed by atoms with E-state index in [2.05, 4.69) is 73.0 Å². The fourth-order valence-corrected chi connectivity index (χ4v) is 8.22. The van der Waals surface area contributed by atoms with Gasteiger partial charge in [-0.15, -0.1) is 0 Å². The van der Waals surface area contributed by atoms with Crippen LogP contribution in [0.4, 0.5) is 0 Å². The number of carbonyl (C=O) groups excluding carboxylic acids is 1. The molecule has 3 aliphatic heterocycles. The van der Waals surface area contributed by atoms with E-state index >= 15 is 0 Å². The first-order chi connectivity index (χ1) is 34.3. The summed E-state index contributed by atoms with van der Waals surface area (Å²) in [6, 6.07) is -0.978. The van der Waals surface area contributed by atoms with Gasteiger partial charge in [-0.2, -0.15) is 0 Å². The summed E-state index contributed by atoms with van der Waals surface area (Å²) >= 11 is 0. The summed E-state index contributed by atoms with van der Waals surface area (Å²) < 4.78 is 33.9. The normalized spacial score (nSPS) is 32.9. The number of allylic oxidation sites excluding steroid dienone is 11. The first kappa shape index (κ1) is 62.5. The Morgan fingerprint density at radius 3 is 1.49 bits per heavy atom. The Kier molecular flexibility index (Phi) is 31.9. The molecule has 1 amide bonds. The van der Waals surface area contributed by atoms with Crippen molar-refractivity contribution in [1.29, 1.82) is 0 Å². The van der Waals surface area contributed by atoms with Crippen LogP contribution in [0.5, 0.6) is 0 Å². The van der Waals surface area contributed by atoms with E-state index in [1.165, 1.54) is 6.08 Å². The average Bonchev–Trinajstić information content (AvgIpc) is 3.36. The maximum absolute atomic E-state index is 13.1. The van der Waals surface area contributed by atoms with Crippen LogP contribution >= 0.6 is 0 Å². The predicted molar refractivity (Wildman–Crippen MR) is 263 cm³/mol. The molecule has 17 atom stereocenters. The lowest BCUT2D eigenvalue weighted by Crippen LogP contribution is -2.66. The van der Waals surface area contributed by atoms with Crippen LogP contribution in [-0.4, -0.2) is 193 Å². The molecule has 0 spiro atoms. The predicted octanol–water partition coefficient (Wildman–Crippen LogP) is 1.92. The van der Waals surface area contributed by atoms with Gasteiger partial charge in [-0.3, -0.25) is 4.79 Å². The van der Waals surface area contributed by atoms with Crippen molar-refractivity contribution in [2.45, 2.75) is 221 Å². The van der Waals surface area contributed by atoms with Crippen molar-refractivity contribution in [3.8, 4) is 0 Å². The van der Waals surface area contributed by atoms with Gasteiger partial charge >= 0.3 is 0 Å². The topological polar surface area (TPSA) is 307 Å². The Balaban J connectivity index is 1.41. The lowest BCUT2D eigenvalue weighted by molar-refractivity contribution is -0.379. The first-order valence-corrected chi connectivity index (χ1v) is 25.7. The zero-order chi connectivity index (χ0) is 52.0. The number of unbranched alkanes of at least 4 members (excludes halogenated alkanes) is 8. The maximum atomic E-state index is 13.1. The van der Waals surface area contributed by atoms with Gasteiger partial charge in [0.05, 0.1) is 38.6 Å². The fraction of sp³-hybridized carbons (Fsp3) is 0.750. The molecule has 3 aliphatic rings. The van der Waals surface area contributed by atoms with E-state index in [1.807, 2.05) is 6.92 Å². The van der Waals surface area contributed by atoms with E-state index in [9.17, 15) is 61.0 Å². The number of aliphatic hydroxyl groups excluding tert-OH is 11. The molecule has 0 aromatic heterocycles. The van der Waals surface area contributed by atoms with Gasteiger partial charge in [0.25, 0.3) is 0 Å². The van der Waals surface area contributed by atoms with E-state index in [1.54, 1.807) is 6.08 Å². The van der Waals surface area contributed by atoms with Gasteiger partial charge in [0, 0.05) is 6.42 Å². The molecule has 71 heavy (non-hydrogen) atoms. The smallest absolute Gasteiger partial charge is 0.220 e. The van der Waals surface area contributed by atoms with Crippen molar-refractivity contribution >= 4 is 5.91 Å². The molecule has 0 radical (unpaired) electrons. The molecule has 12 N–H and O–H groups in total. The van der Waals surface area contributed by atoms with Crippen molar-refractivity contribution in [3.63, 3.8) is 0 Å². The number of rotatable bonds is 34. The number of carbonyl (C=O) groups is 1. The Hall–Kier alpha value is -2.77. The van der Waals surface area contributed by atoms with Gasteiger partial charge in [0.15, 0.2) is 18.9 Å². The molecule has 19 heteroatoms. The van der Waals surface area contributed by atoms with Gasteiger partial charge in [0.1, 0.15) is 73.2 Å². The molecule has 408 valence electrons. The van der Waals surface area contributed by atoms with Crippen molar-refractivity contribution in [1.82, 2.24) is 5.32 Å².